The van der Waals surface area contributed by atoms with Gasteiger partial charge in [-0.3, -0.25) is 4.40 Å². The molecule has 0 unspecified atom stereocenters. The summed E-state index contributed by atoms with van der Waals surface area (Å²) in [6, 6.07) is 11.8. The van der Waals surface area contributed by atoms with Gasteiger partial charge < -0.3 is 0 Å². The summed E-state index contributed by atoms with van der Waals surface area (Å²) in [5.41, 5.74) is 1.89. The van der Waals surface area contributed by atoms with E-state index in [1.807, 2.05) is 52.4 Å². The second kappa shape index (κ2) is 3.57. The van der Waals surface area contributed by atoms with E-state index in [1.165, 1.54) is 0 Å². The van der Waals surface area contributed by atoms with Gasteiger partial charge in [-0.2, -0.15) is 0 Å². The molecule has 3 rings (SSSR count). The highest BCUT2D eigenvalue weighted by Crippen LogP contribution is 2.36. The number of hydrogen-bond donors (Lipinski definition) is 0. The molecule has 0 spiro atoms. The Kier molecular flexibility index (Phi) is 2.08. The van der Waals surface area contributed by atoms with Gasteiger partial charge in [0.25, 0.3) is 0 Å². The van der Waals surface area contributed by atoms with E-state index in [0.717, 1.165) is 16.0 Å². The lowest BCUT2D eigenvalue weighted by atomic mass is 10.2. The van der Waals surface area contributed by atoms with E-state index >= 15 is 0 Å². The molecule has 0 N–H and O–H groups in total. The number of aromatic nitrogens is 1. The normalized spacial score (nSPS) is 10.8. The van der Waals surface area contributed by atoms with E-state index in [4.69, 9.17) is 0 Å². The number of nitrogens with zero attached hydrogens (tertiary/aromatic N) is 2. The molecule has 0 amide bonds. The van der Waals surface area contributed by atoms with Crippen LogP contribution in [0.25, 0.3) is 16.0 Å². The van der Waals surface area contributed by atoms with Crippen molar-refractivity contribution in [2.75, 3.05) is 0 Å². The Morgan fingerprint density at radius 2 is 2.12 bits per heavy atom. The molecular formula is C12H8N2OS. The predicted octanol–water partition coefficient (Wildman–Crippen LogP) is 4.07. The highest BCUT2D eigenvalue weighted by molar-refractivity contribution is 7.13. The van der Waals surface area contributed by atoms with Gasteiger partial charge in [0.1, 0.15) is 0 Å². The fraction of sp³-hybridized carbons (Fsp3) is 0. The summed E-state index contributed by atoms with van der Waals surface area (Å²) in [4.78, 5) is 12.0. The zero-order chi connectivity index (χ0) is 11.0. The van der Waals surface area contributed by atoms with E-state index < -0.39 is 0 Å². The van der Waals surface area contributed by atoms with Crippen molar-refractivity contribution in [2.45, 2.75) is 0 Å². The summed E-state index contributed by atoms with van der Waals surface area (Å²) >= 11 is 1.61. The predicted molar refractivity (Wildman–Crippen MR) is 66.2 cm³/mol. The number of pyridine rings is 1. The molecule has 0 aliphatic heterocycles. The molecule has 0 aliphatic carbocycles. The molecule has 78 valence electrons. The topological polar surface area (TPSA) is 33.8 Å². The standard InChI is InChI=1S/C12H8N2OS/c15-13-12-10(11-5-3-7-16-11)8-9-4-1-2-6-14(9)12/h1-8H. The van der Waals surface area contributed by atoms with Crippen LogP contribution in [0.5, 0.6) is 0 Å². The molecule has 16 heavy (non-hydrogen) atoms. The maximum absolute atomic E-state index is 10.9. The smallest absolute Gasteiger partial charge is 0.190 e. The molecule has 0 fully saturated rings. The van der Waals surface area contributed by atoms with Gasteiger partial charge in [0.05, 0.1) is 0 Å². The van der Waals surface area contributed by atoms with Crippen LogP contribution in [0.15, 0.2) is 53.2 Å². The third kappa shape index (κ3) is 1.27. The van der Waals surface area contributed by atoms with Crippen molar-refractivity contribution < 1.29 is 0 Å². The Hall–Kier alpha value is -1.94. The van der Waals surface area contributed by atoms with E-state index in [-0.39, 0.29) is 0 Å². The Balaban J connectivity index is 2.37. The maximum atomic E-state index is 10.9. The SMILES string of the molecule is O=Nc1c(-c2cccs2)cc2ccccn12. The van der Waals surface area contributed by atoms with Crippen LogP contribution in [0.1, 0.15) is 0 Å². The van der Waals surface area contributed by atoms with Gasteiger partial charge in [0.2, 0.25) is 0 Å². The Bertz CT molecular complexity index is 640. The molecule has 3 nitrogen and oxygen atoms in total. The second-order valence-electron chi connectivity index (χ2n) is 3.45. The summed E-state index contributed by atoms with van der Waals surface area (Å²) in [6.07, 6.45) is 1.85. The second-order valence-corrected chi connectivity index (χ2v) is 4.39. The number of thiophene rings is 1. The fourth-order valence-corrected chi connectivity index (χ4v) is 2.55. The number of rotatable bonds is 2. The lowest BCUT2D eigenvalue weighted by Gasteiger charge is -1.95. The Labute approximate surface area is 95.9 Å². The van der Waals surface area contributed by atoms with Gasteiger partial charge >= 0.3 is 0 Å². The molecule has 0 saturated carbocycles. The molecule has 3 aromatic heterocycles. The maximum Gasteiger partial charge on any atom is 0.190 e. The van der Waals surface area contributed by atoms with Crippen LogP contribution >= 0.6 is 11.3 Å². The Morgan fingerprint density at radius 1 is 1.19 bits per heavy atom. The molecule has 3 heterocycles. The largest absolute Gasteiger partial charge is 0.298 e. The van der Waals surface area contributed by atoms with Crippen LogP contribution in [-0.4, -0.2) is 4.40 Å². The van der Waals surface area contributed by atoms with Gasteiger partial charge in [-0.1, -0.05) is 12.1 Å². The summed E-state index contributed by atoms with van der Waals surface area (Å²) in [5.74, 6) is 0.470. The van der Waals surface area contributed by atoms with Crippen molar-refractivity contribution in [3.8, 4) is 10.4 Å². The molecule has 0 atom stereocenters. The van der Waals surface area contributed by atoms with Crippen LogP contribution in [0.3, 0.4) is 0 Å². The third-order valence-electron chi connectivity index (χ3n) is 2.53. The zero-order valence-electron chi connectivity index (χ0n) is 8.33. The molecule has 4 heteroatoms. The average molecular weight is 228 g/mol. The number of fused-ring (bicyclic) bond motifs is 1. The van der Waals surface area contributed by atoms with E-state index in [0.29, 0.717) is 5.82 Å². The fourth-order valence-electron chi connectivity index (χ4n) is 1.82. The average Bonchev–Trinajstić information content (AvgIpc) is 2.95. The zero-order valence-corrected chi connectivity index (χ0v) is 9.15. The summed E-state index contributed by atoms with van der Waals surface area (Å²) in [7, 11) is 0. The highest BCUT2D eigenvalue weighted by Gasteiger charge is 2.12. The van der Waals surface area contributed by atoms with Crippen LogP contribution in [0.2, 0.25) is 0 Å². The summed E-state index contributed by atoms with van der Waals surface area (Å²) in [6.45, 7) is 0. The Morgan fingerprint density at radius 3 is 2.88 bits per heavy atom. The molecule has 3 aromatic rings. The van der Waals surface area contributed by atoms with Crippen molar-refractivity contribution in [3.05, 3.63) is 52.9 Å². The monoisotopic (exact) mass is 228 g/mol. The summed E-state index contributed by atoms with van der Waals surface area (Å²) < 4.78 is 1.81. The minimum atomic E-state index is 0.470. The number of hydrogen-bond acceptors (Lipinski definition) is 3. The first-order valence-corrected chi connectivity index (χ1v) is 5.75. The van der Waals surface area contributed by atoms with E-state index in [9.17, 15) is 4.91 Å². The van der Waals surface area contributed by atoms with Gasteiger partial charge in [-0.15, -0.1) is 16.2 Å². The van der Waals surface area contributed by atoms with Crippen LogP contribution in [0, 0.1) is 4.91 Å². The first-order valence-electron chi connectivity index (χ1n) is 4.87. The van der Waals surface area contributed by atoms with Crippen LogP contribution in [0.4, 0.5) is 5.82 Å². The molecule has 0 radical (unpaired) electrons. The molecule has 0 saturated heterocycles. The van der Waals surface area contributed by atoms with Crippen molar-refractivity contribution in [1.82, 2.24) is 4.40 Å². The first-order chi connectivity index (χ1) is 7.90. The summed E-state index contributed by atoms with van der Waals surface area (Å²) in [5, 5.41) is 5.13. The van der Waals surface area contributed by atoms with E-state index in [1.54, 1.807) is 11.3 Å². The van der Waals surface area contributed by atoms with Crippen molar-refractivity contribution in [1.29, 1.82) is 0 Å². The van der Waals surface area contributed by atoms with Gasteiger partial charge in [0.15, 0.2) is 5.82 Å². The van der Waals surface area contributed by atoms with E-state index in [2.05, 4.69) is 5.18 Å². The van der Waals surface area contributed by atoms with Crippen molar-refractivity contribution in [2.24, 2.45) is 5.18 Å². The van der Waals surface area contributed by atoms with Gasteiger partial charge in [-0.25, -0.2) is 0 Å². The first kappa shape index (κ1) is 9.30. The minimum Gasteiger partial charge on any atom is -0.298 e. The van der Waals surface area contributed by atoms with Crippen LogP contribution < -0.4 is 0 Å². The lowest BCUT2D eigenvalue weighted by molar-refractivity contribution is 1.17. The molecular weight excluding hydrogens is 220 g/mol. The van der Waals surface area contributed by atoms with Gasteiger partial charge in [-0.05, 0) is 34.8 Å². The molecule has 0 aromatic carbocycles. The van der Waals surface area contributed by atoms with Gasteiger partial charge in [0, 0.05) is 22.2 Å². The third-order valence-corrected chi connectivity index (χ3v) is 3.43. The quantitative estimate of drug-likeness (QED) is 0.609. The number of nitroso groups, excluding NO2 is 1. The molecule has 0 aliphatic rings. The van der Waals surface area contributed by atoms with Crippen molar-refractivity contribution >= 4 is 22.7 Å². The molecule has 0 bridgehead atoms. The lowest BCUT2D eigenvalue weighted by Crippen LogP contribution is -1.79. The minimum absolute atomic E-state index is 0.470. The van der Waals surface area contributed by atoms with Crippen LogP contribution in [-0.2, 0) is 0 Å². The highest BCUT2D eigenvalue weighted by atomic mass is 32.1. The van der Waals surface area contributed by atoms with Crippen molar-refractivity contribution in [3.63, 3.8) is 0 Å².